The lowest BCUT2D eigenvalue weighted by atomic mass is 9.93. The molecule has 2 N–H and O–H groups in total. The molecule has 1 aromatic carbocycles. The Morgan fingerprint density at radius 2 is 1.68 bits per heavy atom. The van der Waals surface area contributed by atoms with E-state index in [0.29, 0.717) is 6.42 Å². The predicted molar refractivity (Wildman–Crippen MR) is 80.7 cm³/mol. The molecular formula is C15H25NO2S. The highest BCUT2D eigenvalue weighted by Gasteiger charge is 2.29. The Morgan fingerprint density at radius 3 is 2.16 bits per heavy atom. The summed E-state index contributed by atoms with van der Waals surface area (Å²) in [5, 5.41) is 0. The minimum atomic E-state index is -3.06. The van der Waals surface area contributed by atoms with Crippen molar-refractivity contribution in [2.45, 2.75) is 44.9 Å². The molecule has 2 unspecified atom stereocenters. The maximum absolute atomic E-state index is 12.1. The molecule has 0 bridgehead atoms. The maximum atomic E-state index is 12.1. The summed E-state index contributed by atoms with van der Waals surface area (Å²) in [5.41, 5.74) is 7.24. The van der Waals surface area contributed by atoms with Crippen molar-refractivity contribution >= 4 is 9.84 Å². The van der Waals surface area contributed by atoms with Crippen LogP contribution in [0.15, 0.2) is 30.3 Å². The van der Waals surface area contributed by atoms with E-state index in [-0.39, 0.29) is 17.7 Å². The predicted octanol–water partition coefficient (Wildman–Crippen LogP) is 2.93. The fourth-order valence-corrected chi connectivity index (χ4v) is 3.13. The molecule has 0 spiro atoms. The first-order chi connectivity index (χ1) is 8.65. The zero-order valence-corrected chi connectivity index (χ0v) is 13.1. The van der Waals surface area contributed by atoms with Crippen LogP contribution in [0.4, 0.5) is 0 Å². The lowest BCUT2D eigenvalue weighted by molar-refractivity contribution is 0.452. The van der Waals surface area contributed by atoms with Crippen LogP contribution in [0.3, 0.4) is 0 Å². The Balaban J connectivity index is 2.65. The number of hydrogen-bond acceptors (Lipinski definition) is 3. The largest absolute Gasteiger partial charge is 0.324 e. The van der Waals surface area contributed by atoms with Crippen molar-refractivity contribution in [3.05, 3.63) is 35.9 Å². The second kappa shape index (κ2) is 6.06. The van der Waals surface area contributed by atoms with Crippen LogP contribution in [-0.2, 0) is 9.84 Å². The molecule has 0 aliphatic rings. The number of benzene rings is 1. The molecular weight excluding hydrogens is 258 g/mol. The minimum absolute atomic E-state index is 0.114. The molecule has 108 valence electrons. The quantitative estimate of drug-likeness (QED) is 0.904. The lowest BCUT2D eigenvalue weighted by Crippen LogP contribution is -2.32. The standard InChI is InChI=1S/C15H25NO2S/c1-12(10-11-19(17,18)15(2,3)4)14(16)13-8-6-5-7-9-13/h5-9,12,14H,10-11,16H2,1-4H3. The highest BCUT2D eigenvalue weighted by molar-refractivity contribution is 7.92. The molecule has 1 aromatic rings. The Kier molecular flexibility index (Phi) is 5.16. The monoisotopic (exact) mass is 283 g/mol. The van der Waals surface area contributed by atoms with Gasteiger partial charge in [0.05, 0.1) is 10.5 Å². The van der Waals surface area contributed by atoms with Gasteiger partial charge >= 0.3 is 0 Å². The van der Waals surface area contributed by atoms with E-state index in [1.165, 1.54) is 0 Å². The van der Waals surface area contributed by atoms with Crippen molar-refractivity contribution in [2.75, 3.05) is 5.75 Å². The van der Waals surface area contributed by atoms with Gasteiger partial charge in [-0.2, -0.15) is 0 Å². The van der Waals surface area contributed by atoms with Crippen molar-refractivity contribution in [1.29, 1.82) is 0 Å². The molecule has 0 aliphatic heterocycles. The molecule has 0 heterocycles. The molecule has 0 aromatic heterocycles. The molecule has 0 saturated heterocycles. The summed E-state index contributed by atoms with van der Waals surface area (Å²) < 4.78 is 23.5. The average molecular weight is 283 g/mol. The van der Waals surface area contributed by atoms with Gasteiger partial charge in [-0.3, -0.25) is 0 Å². The van der Waals surface area contributed by atoms with Gasteiger partial charge in [0.25, 0.3) is 0 Å². The highest BCUT2D eigenvalue weighted by Crippen LogP contribution is 2.24. The van der Waals surface area contributed by atoms with Gasteiger partial charge in [-0.25, -0.2) is 8.42 Å². The summed E-state index contributed by atoms with van der Waals surface area (Å²) in [4.78, 5) is 0. The van der Waals surface area contributed by atoms with Gasteiger partial charge in [0.15, 0.2) is 9.84 Å². The van der Waals surface area contributed by atoms with E-state index in [4.69, 9.17) is 5.73 Å². The summed E-state index contributed by atoms with van der Waals surface area (Å²) in [5.74, 6) is 0.331. The fraction of sp³-hybridized carbons (Fsp3) is 0.600. The smallest absolute Gasteiger partial charge is 0.155 e. The van der Waals surface area contributed by atoms with Gasteiger partial charge in [0, 0.05) is 6.04 Å². The van der Waals surface area contributed by atoms with E-state index in [2.05, 4.69) is 0 Å². The zero-order chi connectivity index (χ0) is 14.7. The van der Waals surface area contributed by atoms with Crippen molar-refractivity contribution in [1.82, 2.24) is 0 Å². The van der Waals surface area contributed by atoms with E-state index in [1.54, 1.807) is 20.8 Å². The third-order valence-electron chi connectivity index (χ3n) is 3.57. The third kappa shape index (κ3) is 4.32. The Hall–Kier alpha value is -0.870. The van der Waals surface area contributed by atoms with Gasteiger partial charge in [-0.05, 0) is 38.7 Å². The lowest BCUT2D eigenvalue weighted by Gasteiger charge is -2.23. The normalized spacial score (nSPS) is 16.1. The van der Waals surface area contributed by atoms with E-state index in [0.717, 1.165) is 5.56 Å². The van der Waals surface area contributed by atoms with Crippen molar-refractivity contribution in [2.24, 2.45) is 11.7 Å². The zero-order valence-electron chi connectivity index (χ0n) is 12.3. The highest BCUT2D eigenvalue weighted by atomic mass is 32.2. The molecule has 0 aliphatic carbocycles. The van der Waals surface area contributed by atoms with Gasteiger partial charge in [-0.15, -0.1) is 0 Å². The van der Waals surface area contributed by atoms with E-state index in [9.17, 15) is 8.42 Å². The van der Waals surface area contributed by atoms with Gasteiger partial charge in [0.1, 0.15) is 0 Å². The molecule has 4 heteroatoms. The van der Waals surface area contributed by atoms with Gasteiger partial charge in [-0.1, -0.05) is 37.3 Å². The second-order valence-corrected chi connectivity index (χ2v) is 9.00. The topological polar surface area (TPSA) is 60.2 Å². The molecule has 0 fully saturated rings. The van der Waals surface area contributed by atoms with Crippen LogP contribution in [0.1, 0.15) is 45.7 Å². The summed E-state index contributed by atoms with van der Waals surface area (Å²) in [6.45, 7) is 7.23. The van der Waals surface area contributed by atoms with Crippen LogP contribution in [0.2, 0.25) is 0 Å². The Bertz CT molecular complexity index is 489. The van der Waals surface area contributed by atoms with E-state index >= 15 is 0 Å². The number of rotatable bonds is 5. The number of hydrogen-bond donors (Lipinski definition) is 1. The maximum Gasteiger partial charge on any atom is 0.155 e. The van der Waals surface area contributed by atoms with E-state index < -0.39 is 14.6 Å². The van der Waals surface area contributed by atoms with Crippen LogP contribution >= 0.6 is 0 Å². The Morgan fingerprint density at radius 1 is 1.16 bits per heavy atom. The van der Waals surface area contributed by atoms with Gasteiger partial charge < -0.3 is 5.73 Å². The molecule has 0 radical (unpaired) electrons. The number of sulfone groups is 1. The number of nitrogens with two attached hydrogens (primary N) is 1. The van der Waals surface area contributed by atoms with Crippen molar-refractivity contribution in [3.8, 4) is 0 Å². The fourth-order valence-electron chi connectivity index (χ4n) is 1.83. The summed E-state index contributed by atoms with van der Waals surface area (Å²) in [7, 11) is -3.06. The summed E-state index contributed by atoms with van der Waals surface area (Å²) >= 11 is 0. The average Bonchev–Trinajstić information content (AvgIpc) is 2.35. The van der Waals surface area contributed by atoms with Crippen LogP contribution in [0.5, 0.6) is 0 Å². The Labute approximate surface area is 117 Å². The van der Waals surface area contributed by atoms with Crippen LogP contribution < -0.4 is 5.73 Å². The molecule has 0 saturated carbocycles. The third-order valence-corrected chi connectivity index (χ3v) is 6.21. The molecule has 19 heavy (non-hydrogen) atoms. The molecule has 3 nitrogen and oxygen atoms in total. The van der Waals surface area contributed by atoms with Crippen molar-refractivity contribution in [3.63, 3.8) is 0 Å². The van der Waals surface area contributed by atoms with E-state index in [1.807, 2.05) is 37.3 Å². The summed E-state index contributed by atoms with van der Waals surface area (Å²) in [6, 6.07) is 9.71. The first-order valence-corrected chi connectivity index (χ1v) is 8.33. The van der Waals surface area contributed by atoms with Crippen LogP contribution in [0.25, 0.3) is 0 Å². The minimum Gasteiger partial charge on any atom is -0.324 e. The van der Waals surface area contributed by atoms with Crippen LogP contribution in [-0.4, -0.2) is 18.9 Å². The first-order valence-electron chi connectivity index (χ1n) is 6.68. The van der Waals surface area contributed by atoms with Gasteiger partial charge in [0.2, 0.25) is 0 Å². The SMILES string of the molecule is CC(CCS(=O)(=O)C(C)(C)C)C(N)c1ccccc1. The summed E-state index contributed by atoms with van der Waals surface area (Å²) in [6.07, 6.45) is 0.593. The molecule has 0 amide bonds. The first kappa shape index (κ1) is 16.2. The van der Waals surface area contributed by atoms with Crippen LogP contribution in [0, 0.1) is 5.92 Å². The molecule has 1 rings (SSSR count). The molecule has 2 atom stereocenters. The van der Waals surface area contributed by atoms with Crippen molar-refractivity contribution < 1.29 is 8.42 Å². The second-order valence-electron chi connectivity index (χ2n) is 6.13.